The topological polar surface area (TPSA) is 115 Å². The molecule has 3 aromatic rings. The van der Waals surface area contributed by atoms with E-state index in [1.54, 1.807) is 26.8 Å². The number of aryl methyl sites for hydroxylation is 2. The number of aromatic nitrogens is 5. The highest BCUT2D eigenvalue weighted by Gasteiger charge is 2.42. The monoisotopic (exact) mass is 600 g/mol. The highest BCUT2D eigenvalue weighted by molar-refractivity contribution is 5.90. The molecule has 2 unspecified atom stereocenters. The number of tetrazole rings is 1. The first-order chi connectivity index (χ1) is 19.5. The molecule has 2 aromatic heterocycles. The van der Waals surface area contributed by atoms with Crippen molar-refractivity contribution < 1.29 is 35.9 Å². The summed E-state index contributed by atoms with van der Waals surface area (Å²) in [5, 5.41) is 12.0. The van der Waals surface area contributed by atoms with Gasteiger partial charge < -0.3 is 15.4 Å². The molecule has 0 spiro atoms. The van der Waals surface area contributed by atoms with E-state index in [0.717, 1.165) is 4.80 Å². The van der Waals surface area contributed by atoms with Gasteiger partial charge in [0, 0.05) is 12.6 Å². The Kier molecular flexibility index (Phi) is 8.29. The van der Waals surface area contributed by atoms with Gasteiger partial charge in [0.05, 0.1) is 41.7 Å². The van der Waals surface area contributed by atoms with Crippen molar-refractivity contribution in [1.29, 1.82) is 0 Å². The van der Waals surface area contributed by atoms with Crippen molar-refractivity contribution in [3.8, 4) is 0 Å². The van der Waals surface area contributed by atoms with E-state index in [9.17, 15) is 31.1 Å². The summed E-state index contributed by atoms with van der Waals surface area (Å²) in [5.74, 6) is 0.0739. The molecular weight excluding hydrogens is 570 g/mol. The van der Waals surface area contributed by atoms with Crippen molar-refractivity contribution >= 4 is 23.5 Å². The molecule has 1 aliphatic rings. The number of fused-ring (bicyclic) bond motifs is 1. The molecule has 42 heavy (non-hydrogen) atoms. The quantitative estimate of drug-likeness (QED) is 0.353. The fraction of sp³-hybridized carbons (Fsp3) is 0.500. The number of halogens is 6. The van der Waals surface area contributed by atoms with Gasteiger partial charge in [-0.05, 0) is 74.2 Å². The summed E-state index contributed by atoms with van der Waals surface area (Å²) < 4.78 is 87.4. The molecular formula is C26H30F6N8O2. The van der Waals surface area contributed by atoms with Gasteiger partial charge in [-0.3, -0.25) is 4.90 Å². The number of anilines is 3. The van der Waals surface area contributed by atoms with Crippen molar-refractivity contribution in [2.24, 2.45) is 7.05 Å². The molecule has 0 saturated heterocycles. The number of carbonyl (C=O) groups excluding carboxylic acids is 1. The lowest BCUT2D eigenvalue weighted by Gasteiger charge is -2.43. The molecule has 1 aliphatic heterocycles. The van der Waals surface area contributed by atoms with Gasteiger partial charge in [0.15, 0.2) is 0 Å². The van der Waals surface area contributed by atoms with Gasteiger partial charge in [0.25, 0.3) is 5.95 Å². The number of ether oxygens (including phenoxy) is 1. The van der Waals surface area contributed by atoms with Crippen LogP contribution in [0.2, 0.25) is 0 Å². The molecule has 3 heterocycles. The lowest BCUT2D eigenvalue weighted by molar-refractivity contribution is -0.143. The number of nitrogens with zero attached hydrogens (tertiary/aromatic N) is 7. The molecule has 2 N–H and O–H groups in total. The van der Waals surface area contributed by atoms with Crippen LogP contribution in [0.15, 0.2) is 24.3 Å². The molecule has 0 saturated carbocycles. The second kappa shape index (κ2) is 11.3. The van der Waals surface area contributed by atoms with E-state index in [0.29, 0.717) is 29.8 Å². The summed E-state index contributed by atoms with van der Waals surface area (Å²) in [5.41, 5.74) is 4.13. The third-order valence-electron chi connectivity index (χ3n) is 6.83. The van der Waals surface area contributed by atoms with Crippen LogP contribution in [0.5, 0.6) is 0 Å². The zero-order chi connectivity index (χ0) is 31.1. The van der Waals surface area contributed by atoms with Crippen molar-refractivity contribution in [3.05, 3.63) is 52.2 Å². The second-order valence-electron chi connectivity index (χ2n) is 10.3. The second-order valence-corrected chi connectivity index (χ2v) is 10.3. The van der Waals surface area contributed by atoms with Crippen LogP contribution in [0.25, 0.3) is 0 Å². The van der Waals surface area contributed by atoms with Crippen LogP contribution in [-0.4, -0.2) is 43.4 Å². The number of hydrogen-bond donors (Lipinski definition) is 1. The van der Waals surface area contributed by atoms with Gasteiger partial charge in [-0.1, -0.05) is 12.0 Å². The van der Waals surface area contributed by atoms with Gasteiger partial charge in [-0.25, -0.2) is 9.78 Å². The molecule has 1 amide bonds. The first-order valence-electron chi connectivity index (χ1n) is 13.0. The van der Waals surface area contributed by atoms with Crippen molar-refractivity contribution in [3.63, 3.8) is 0 Å². The van der Waals surface area contributed by atoms with Crippen LogP contribution in [0, 0.1) is 6.92 Å². The minimum Gasteiger partial charge on any atom is -0.446 e. The molecule has 16 heteroatoms. The molecule has 228 valence electrons. The van der Waals surface area contributed by atoms with Crippen LogP contribution in [0.4, 0.5) is 48.6 Å². The maximum Gasteiger partial charge on any atom is 0.416 e. The number of benzene rings is 1. The molecule has 0 bridgehead atoms. The third-order valence-corrected chi connectivity index (χ3v) is 6.83. The lowest BCUT2D eigenvalue weighted by atomic mass is 9.91. The largest absolute Gasteiger partial charge is 0.446 e. The average molecular weight is 601 g/mol. The summed E-state index contributed by atoms with van der Waals surface area (Å²) in [6.45, 7) is 6.47. The maximum absolute atomic E-state index is 13.6. The Balaban J connectivity index is 1.90. The number of pyridine rings is 1. The normalized spacial score (nSPS) is 17.4. The number of alkyl halides is 6. The third kappa shape index (κ3) is 6.36. The maximum atomic E-state index is 13.6. The fourth-order valence-corrected chi connectivity index (χ4v) is 4.88. The van der Waals surface area contributed by atoms with Crippen LogP contribution >= 0.6 is 0 Å². The van der Waals surface area contributed by atoms with E-state index >= 15 is 0 Å². The first kappa shape index (κ1) is 30.8. The van der Waals surface area contributed by atoms with Crippen LogP contribution in [0.3, 0.4) is 0 Å². The molecule has 10 nitrogen and oxygen atoms in total. The smallest absolute Gasteiger partial charge is 0.416 e. The van der Waals surface area contributed by atoms with E-state index in [2.05, 4.69) is 20.4 Å². The number of hydrogen-bond acceptors (Lipinski definition) is 8. The number of carbonyl (C=O) groups is 1. The van der Waals surface area contributed by atoms with Crippen LogP contribution in [0.1, 0.15) is 67.6 Å². The van der Waals surface area contributed by atoms with E-state index < -0.39 is 54.3 Å². The molecule has 2 atom stereocenters. The number of nitrogens with two attached hydrogens (primary N) is 1. The Morgan fingerprint density at radius 1 is 1.12 bits per heavy atom. The van der Waals surface area contributed by atoms with Gasteiger partial charge in [0.2, 0.25) is 0 Å². The minimum atomic E-state index is -5.03. The Morgan fingerprint density at radius 2 is 1.74 bits per heavy atom. The highest BCUT2D eigenvalue weighted by Crippen LogP contribution is 2.44. The summed E-state index contributed by atoms with van der Waals surface area (Å²) in [6, 6.07) is 1.74. The summed E-state index contributed by atoms with van der Waals surface area (Å²) in [4.78, 5) is 21.7. The van der Waals surface area contributed by atoms with Crippen molar-refractivity contribution in [1.82, 2.24) is 25.2 Å². The van der Waals surface area contributed by atoms with Gasteiger partial charge in [0.1, 0.15) is 5.82 Å². The molecule has 1 aromatic carbocycles. The predicted octanol–water partition coefficient (Wildman–Crippen LogP) is 5.81. The molecule has 0 radical (unpaired) electrons. The van der Waals surface area contributed by atoms with Gasteiger partial charge in [-0.2, -0.15) is 31.1 Å². The Morgan fingerprint density at radius 3 is 2.24 bits per heavy atom. The number of amides is 1. The fourth-order valence-electron chi connectivity index (χ4n) is 4.88. The van der Waals surface area contributed by atoms with Gasteiger partial charge in [-0.15, -0.1) is 5.10 Å². The van der Waals surface area contributed by atoms with Gasteiger partial charge >= 0.3 is 18.4 Å². The first-order valence-corrected chi connectivity index (χ1v) is 13.0. The van der Waals surface area contributed by atoms with Crippen molar-refractivity contribution in [2.75, 3.05) is 15.5 Å². The van der Waals surface area contributed by atoms with E-state index in [4.69, 9.17) is 10.5 Å². The lowest BCUT2D eigenvalue weighted by Crippen LogP contribution is -2.49. The SMILES string of the molecule is CCC1CC(N(Cc2cc(C(F)(F)F)cc(C(F)(F)F)c2)c2nnn(C)n2)c2nc(N)c(C)cc2N1C(=O)OC(C)C. The zero-order valence-electron chi connectivity index (χ0n) is 23.5. The van der Waals surface area contributed by atoms with E-state index in [1.807, 2.05) is 6.92 Å². The Labute approximate surface area is 237 Å². The summed E-state index contributed by atoms with van der Waals surface area (Å²) in [7, 11) is 1.47. The summed E-state index contributed by atoms with van der Waals surface area (Å²) >= 11 is 0. The Bertz CT molecular complexity index is 1420. The minimum absolute atomic E-state index is 0.0616. The summed E-state index contributed by atoms with van der Waals surface area (Å²) in [6.07, 6.45) is -10.5. The number of nitrogen functional groups attached to an aromatic ring is 1. The number of rotatable bonds is 6. The van der Waals surface area contributed by atoms with E-state index in [-0.39, 0.29) is 35.5 Å². The Hall–Kier alpha value is -4.11. The predicted molar refractivity (Wildman–Crippen MR) is 140 cm³/mol. The van der Waals surface area contributed by atoms with E-state index in [1.165, 1.54) is 16.8 Å². The standard InChI is InChI=1S/C26H30F6N8O2/c1-6-18-11-19(21-20(7-14(4)22(33)34-21)40(18)24(41)42-13(2)3)39(23-35-37-38(5)36-23)12-15-8-16(25(27,28)29)10-17(9-15)26(30,31)32/h7-10,13,18-19H,6,11-12H2,1-5H3,(H2,33,34). The molecule has 0 fully saturated rings. The molecule has 0 aliphatic carbocycles. The van der Waals surface area contributed by atoms with Crippen LogP contribution < -0.4 is 15.5 Å². The van der Waals surface area contributed by atoms with Crippen LogP contribution in [-0.2, 0) is 30.7 Å². The average Bonchev–Trinajstić information content (AvgIpc) is 3.31. The zero-order valence-corrected chi connectivity index (χ0v) is 23.5. The highest BCUT2D eigenvalue weighted by atomic mass is 19.4. The van der Waals surface area contributed by atoms with Crippen molar-refractivity contribution in [2.45, 2.75) is 77.6 Å². The molecule has 4 rings (SSSR count).